The van der Waals surface area contributed by atoms with Crippen LogP contribution < -0.4 is 5.32 Å². The van der Waals surface area contributed by atoms with Crippen molar-refractivity contribution in [3.63, 3.8) is 0 Å². The summed E-state index contributed by atoms with van der Waals surface area (Å²) in [6.45, 7) is 5.13. The van der Waals surface area contributed by atoms with Gasteiger partial charge in [0, 0.05) is 30.3 Å². The molecule has 0 heterocycles. The van der Waals surface area contributed by atoms with Crippen molar-refractivity contribution in [1.29, 1.82) is 0 Å². The summed E-state index contributed by atoms with van der Waals surface area (Å²) in [4.78, 5) is 28.8. The van der Waals surface area contributed by atoms with Crippen LogP contribution in [0.4, 0.5) is 0 Å². The Kier molecular flexibility index (Phi) is 11.4. The van der Waals surface area contributed by atoms with Crippen LogP contribution in [-0.4, -0.2) is 35.1 Å². The second-order valence-electron chi connectivity index (χ2n) is 8.98. The van der Waals surface area contributed by atoms with E-state index in [1.807, 2.05) is 79.7 Å². The third-order valence-corrected chi connectivity index (χ3v) is 7.18. The first-order valence-corrected chi connectivity index (χ1v) is 14.0. The van der Waals surface area contributed by atoms with Gasteiger partial charge in [-0.3, -0.25) is 9.59 Å². The van der Waals surface area contributed by atoms with Crippen molar-refractivity contribution in [2.75, 3.05) is 12.3 Å². The van der Waals surface area contributed by atoms with E-state index in [2.05, 4.69) is 18.3 Å². The van der Waals surface area contributed by atoms with E-state index < -0.39 is 6.04 Å². The van der Waals surface area contributed by atoms with Gasteiger partial charge in [-0.25, -0.2) is 0 Å². The highest BCUT2D eigenvalue weighted by Crippen LogP contribution is 2.20. The van der Waals surface area contributed by atoms with Gasteiger partial charge in [0.05, 0.1) is 5.75 Å². The predicted octanol–water partition coefficient (Wildman–Crippen LogP) is 6.44. The molecular weight excluding hydrogens is 488 g/mol. The molecule has 3 aromatic rings. The average molecular weight is 523 g/mol. The summed E-state index contributed by atoms with van der Waals surface area (Å²) < 4.78 is 0. The number of amides is 2. The molecule has 0 saturated heterocycles. The maximum absolute atomic E-state index is 13.6. The van der Waals surface area contributed by atoms with E-state index in [-0.39, 0.29) is 11.8 Å². The lowest BCUT2D eigenvalue weighted by atomic mass is 10.0. The topological polar surface area (TPSA) is 49.4 Å². The minimum atomic E-state index is -0.589. The van der Waals surface area contributed by atoms with E-state index in [9.17, 15) is 9.59 Å². The Morgan fingerprint density at radius 3 is 2.36 bits per heavy atom. The lowest BCUT2D eigenvalue weighted by Gasteiger charge is -2.31. The smallest absolute Gasteiger partial charge is 0.243 e. The van der Waals surface area contributed by atoms with Crippen LogP contribution >= 0.6 is 23.4 Å². The summed E-state index contributed by atoms with van der Waals surface area (Å²) in [5, 5.41) is 3.77. The molecule has 1 N–H and O–H groups in total. The number of carbonyl (C=O) groups is 2. The fourth-order valence-corrected chi connectivity index (χ4v) is 4.98. The minimum Gasteiger partial charge on any atom is -0.354 e. The zero-order valence-corrected chi connectivity index (χ0v) is 22.7. The van der Waals surface area contributed by atoms with Crippen molar-refractivity contribution in [2.45, 2.75) is 51.4 Å². The van der Waals surface area contributed by atoms with E-state index in [1.165, 1.54) is 0 Å². The first-order valence-electron chi connectivity index (χ1n) is 12.4. The molecule has 0 aliphatic carbocycles. The molecule has 0 fully saturated rings. The van der Waals surface area contributed by atoms with Gasteiger partial charge in [0.1, 0.15) is 6.04 Å². The highest BCUT2D eigenvalue weighted by Gasteiger charge is 2.30. The maximum atomic E-state index is 13.6. The molecule has 0 aliphatic rings. The fraction of sp³-hybridized carbons (Fsp3) is 0.333. The SMILES string of the molecule is CCCCNC(=O)[C@H](Cc1ccccc1)N(Cc1cccc(C)c1)C(=O)CSCc1ccc(Cl)cc1. The van der Waals surface area contributed by atoms with Crippen LogP contribution in [0.1, 0.15) is 42.0 Å². The second-order valence-corrected chi connectivity index (χ2v) is 10.4. The number of rotatable bonds is 13. The molecule has 0 radical (unpaired) electrons. The monoisotopic (exact) mass is 522 g/mol. The Balaban J connectivity index is 1.82. The lowest BCUT2D eigenvalue weighted by molar-refractivity contribution is -0.139. The molecule has 6 heteroatoms. The highest BCUT2D eigenvalue weighted by atomic mass is 35.5. The van der Waals surface area contributed by atoms with E-state index in [0.29, 0.717) is 36.0 Å². The fourth-order valence-electron chi connectivity index (χ4n) is 3.99. The molecule has 0 aliphatic heterocycles. The van der Waals surface area contributed by atoms with Crippen LogP contribution in [0.5, 0.6) is 0 Å². The van der Waals surface area contributed by atoms with Crippen molar-refractivity contribution in [3.8, 4) is 0 Å². The third-order valence-electron chi connectivity index (χ3n) is 5.94. The van der Waals surface area contributed by atoms with Crippen LogP contribution in [0, 0.1) is 6.92 Å². The number of nitrogens with one attached hydrogen (secondary N) is 1. The Morgan fingerprint density at radius 1 is 0.944 bits per heavy atom. The van der Waals surface area contributed by atoms with Gasteiger partial charge in [0.15, 0.2) is 0 Å². The highest BCUT2D eigenvalue weighted by molar-refractivity contribution is 7.99. The Hall–Kier alpha value is -2.76. The lowest BCUT2D eigenvalue weighted by Crippen LogP contribution is -2.51. The number of hydrogen-bond acceptors (Lipinski definition) is 3. The normalized spacial score (nSPS) is 11.6. The van der Waals surface area contributed by atoms with Crippen LogP contribution in [0.2, 0.25) is 5.02 Å². The molecule has 36 heavy (non-hydrogen) atoms. The molecule has 3 rings (SSSR count). The summed E-state index contributed by atoms with van der Waals surface area (Å²) in [6, 6.07) is 25.1. The molecule has 1 atom stereocenters. The zero-order valence-electron chi connectivity index (χ0n) is 21.1. The van der Waals surface area contributed by atoms with E-state index >= 15 is 0 Å². The third kappa shape index (κ3) is 9.03. The molecule has 0 aromatic heterocycles. The molecule has 0 unspecified atom stereocenters. The molecule has 0 spiro atoms. The van der Waals surface area contributed by atoms with Crippen LogP contribution in [0.3, 0.4) is 0 Å². The minimum absolute atomic E-state index is 0.0398. The molecule has 3 aromatic carbocycles. The first-order chi connectivity index (χ1) is 17.5. The van der Waals surface area contributed by atoms with Gasteiger partial charge in [-0.15, -0.1) is 11.8 Å². The summed E-state index contributed by atoms with van der Waals surface area (Å²) >= 11 is 7.55. The number of hydrogen-bond donors (Lipinski definition) is 1. The van der Waals surface area contributed by atoms with Crippen LogP contribution in [0.15, 0.2) is 78.9 Å². The Labute approximate surface area is 224 Å². The number of benzene rings is 3. The Bertz CT molecular complexity index is 1110. The average Bonchev–Trinajstić information content (AvgIpc) is 2.88. The van der Waals surface area contributed by atoms with Gasteiger partial charge >= 0.3 is 0 Å². The van der Waals surface area contributed by atoms with Crippen molar-refractivity contribution in [1.82, 2.24) is 10.2 Å². The van der Waals surface area contributed by atoms with Gasteiger partial charge in [-0.05, 0) is 42.2 Å². The predicted molar refractivity (Wildman–Crippen MR) is 151 cm³/mol. The standard InChI is InChI=1S/C30H35ClN2O2S/c1-3-4-17-32-30(35)28(19-24-10-6-5-7-11-24)33(20-26-12-8-9-23(2)18-26)29(34)22-36-21-25-13-15-27(31)16-14-25/h5-16,18,28H,3-4,17,19-22H2,1-2H3,(H,32,35)/t28-/m0/s1. The largest absolute Gasteiger partial charge is 0.354 e. The van der Waals surface area contributed by atoms with Gasteiger partial charge in [-0.2, -0.15) is 0 Å². The number of unbranched alkanes of at least 4 members (excludes halogenated alkanes) is 1. The van der Waals surface area contributed by atoms with E-state index in [4.69, 9.17) is 11.6 Å². The molecule has 0 saturated carbocycles. The number of nitrogens with zero attached hydrogens (tertiary/aromatic N) is 1. The summed E-state index contributed by atoms with van der Waals surface area (Å²) in [5.41, 5.74) is 4.29. The molecular formula is C30H35ClN2O2S. The van der Waals surface area contributed by atoms with Gasteiger partial charge in [0.2, 0.25) is 11.8 Å². The Morgan fingerprint density at radius 2 is 1.67 bits per heavy atom. The second kappa shape index (κ2) is 14.7. The number of aryl methyl sites for hydroxylation is 1. The van der Waals surface area contributed by atoms with Crippen molar-refractivity contribution in [2.24, 2.45) is 0 Å². The van der Waals surface area contributed by atoms with Gasteiger partial charge in [-0.1, -0.05) is 97.2 Å². The van der Waals surface area contributed by atoms with Crippen molar-refractivity contribution in [3.05, 3.63) is 106 Å². The van der Waals surface area contributed by atoms with Crippen LogP contribution in [0.25, 0.3) is 0 Å². The summed E-state index contributed by atoms with van der Waals surface area (Å²) in [7, 11) is 0. The first kappa shape index (κ1) is 27.8. The van der Waals surface area contributed by atoms with Crippen LogP contribution in [-0.2, 0) is 28.3 Å². The van der Waals surface area contributed by atoms with Crippen molar-refractivity contribution < 1.29 is 9.59 Å². The molecule has 190 valence electrons. The maximum Gasteiger partial charge on any atom is 0.243 e. The van der Waals surface area contributed by atoms with Gasteiger partial charge in [0.25, 0.3) is 0 Å². The summed E-state index contributed by atoms with van der Waals surface area (Å²) in [5.74, 6) is 0.855. The number of halogens is 1. The quantitative estimate of drug-likeness (QED) is 0.263. The van der Waals surface area contributed by atoms with Crippen molar-refractivity contribution >= 4 is 35.2 Å². The number of carbonyl (C=O) groups excluding carboxylic acids is 2. The molecule has 4 nitrogen and oxygen atoms in total. The molecule has 0 bridgehead atoms. The molecule has 2 amide bonds. The zero-order chi connectivity index (χ0) is 25.8. The summed E-state index contributed by atoms with van der Waals surface area (Å²) in [6.07, 6.45) is 2.38. The van der Waals surface area contributed by atoms with Gasteiger partial charge < -0.3 is 10.2 Å². The van der Waals surface area contributed by atoms with E-state index in [1.54, 1.807) is 16.7 Å². The number of thioether (sulfide) groups is 1. The van der Waals surface area contributed by atoms with E-state index in [0.717, 1.165) is 35.1 Å².